The maximum absolute atomic E-state index is 5.73. The molecule has 0 atom stereocenters. The Bertz CT molecular complexity index is 297. The maximum Gasteiger partial charge on any atom is 0.122 e. The molecule has 1 aromatic carbocycles. The highest BCUT2D eigenvalue weighted by Gasteiger charge is 2.02. The third kappa shape index (κ3) is 4.67. The van der Waals surface area contributed by atoms with Gasteiger partial charge in [0.15, 0.2) is 0 Å². The Balaban J connectivity index is 2.49. The van der Waals surface area contributed by atoms with Crippen molar-refractivity contribution in [3.8, 4) is 5.75 Å². The first kappa shape index (κ1) is 13.0. The number of nitrogens with zero attached hydrogens (tertiary/aromatic N) is 1. The lowest BCUT2D eigenvalue weighted by molar-refractivity contribution is 0.313. The average molecular weight is 221 g/mol. The van der Waals surface area contributed by atoms with Crippen LogP contribution in [-0.2, 0) is 6.42 Å². The van der Waals surface area contributed by atoms with Crippen LogP contribution < -0.4 is 4.74 Å². The van der Waals surface area contributed by atoms with Gasteiger partial charge in [-0.3, -0.25) is 0 Å². The third-order valence-electron chi connectivity index (χ3n) is 2.49. The Morgan fingerprint density at radius 1 is 1.19 bits per heavy atom. The van der Waals surface area contributed by atoms with Crippen LogP contribution in [0.1, 0.15) is 25.3 Å². The number of rotatable bonds is 7. The summed E-state index contributed by atoms with van der Waals surface area (Å²) in [5.41, 5.74) is 1.33. The second kappa shape index (κ2) is 7.29. The molecule has 0 aromatic heterocycles. The molecule has 0 unspecified atom stereocenters. The van der Waals surface area contributed by atoms with Crippen molar-refractivity contribution in [1.82, 2.24) is 4.90 Å². The summed E-state index contributed by atoms with van der Waals surface area (Å²) >= 11 is 0. The fraction of sp³-hybridized carbons (Fsp3) is 0.571. The van der Waals surface area contributed by atoms with Crippen LogP contribution in [0.5, 0.6) is 5.75 Å². The summed E-state index contributed by atoms with van der Waals surface area (Å²) in [7, 11) is 4.22. The van der Waals surface area contributed by atoms with E-state index in [1.165, 1.54) is 12.0 Å². The van der Waals surface area contributed by atoms with E-state index in [9.17, 15) is 0 Å². The Hall–Kier alpha value is -1.02. The second-order valence-corrected chi connectivity index (χ2v) is 4.36. The number of hydrogen-bond donors (Lipinski definition) is 0. The summed E-state index contributed by atoms with van der Waals surface area (Å²) in [4.78, 5) is 2.22. The van der Waals surface area contributed by atoms with Crippen LogP contribution in [-0.4, -0.2) is 32.1 Å². The van der Waals surface area contributed by atoms with Gasteiger partial charge in [-0.25, -0.2) is 0 Å². The summed E-state index contributed by atoms with van der Waals surface area (Å²) in [6, 6.07) is 8.37. The molecule has 0 spiro atoms. The molecule has 0 fully saturated rings. The van der Waals surface area contributed by atoms with E-state index in [4.69, 9.17) is 4.74 Å². The molecule has 0 bridgehead atoms. The lowest BCUT2D eigenvalue weighted by Gasteiger charge is -2.12. The lowest BCUT2D eigenvalue weighted by atomic mass is 10.1. The van der Waals surface area contributed by atoms with E-state index in [2.05, 4.69) is 44.1 Å². The van der Waals surface area contributed by atoms with Crippen LogP contribution in [0.2, 0.25) is 0 Å². The van der Waals surface area contributed by atoms with Gasteiger partial charge < -0.3 is 9.64 Å². The quantitative estimate of drug-likeness (QED) is 0.702. The van der Waals surface area contributed by atoms with Crippen molar-refractivity contribution >= 4 is 0 Å². The van der Waals surface area contributed by atoms with Gasteiger partial charge >= 0.3 is 0 Å². The largest absolute Gasteiger partial charge is 0.493 e. The van der Waals surface area contributed by atoms with Gasteiger partial charge in [0, 0.05) is 0 Å². The maximum atomic E-state index is 5.73. The minimum absolute atomic E-state index is 0.810. The van der Waals surface area contributed by atoms with Crippen LogP contribution in [0.4, 0.5) is 0 Å². The minimum Gasteiger partial charge on any atom is -0.493 e. The normalized spacial score (nSPS) is 10.8. The monoisotopic (exact) mass is 221 g/mol. The first-order chi connectivity index (χ1) is 7.74. The van der Waals surface area contributed by atoms with Crippen molar-refractivity contribution in [2.75, 3.05) is 27.2 Å². The smallest absolute Gasteiger partial charge is 0.122 e. The standard InChI is InChI=1S/C14H23NO/c1-4-12-16-14-10-6-5-8-13(14)9-7-11-15(2)3/h5-6,8,10H,4,7,9,11-12H2,1-3H3. The van der Waals surface area contributed by atoms with Crippen molar-refractivity contribution in [3.63, 3.8) is 0 Å². The summed E-state index contributed by atoms with van der Waals surface area (Å²) < 4.78 is 5.73. The van der Waals surface area contributed by atoms with Gasteiger partial charge in [0.2, 0.25) is 0 Å². The molecule has 90 valence electrons. The van der Waals surface area contributed by atoms with Crippen LogP contribution in [0.15, 0.2) is 24.3 Å². The predicted molar refractivity (Wildman–Crippen MR) is 69.1 cm³/mol. The van der Waals surface area contributed by atoms with E-state index in [-0.39, 0.29) is 0 Å². The van der Waals surface area contributed by atoms with Gasteiger partial charge in [0.05, 0.1) is 6.61 Å². The van der Waals surface area contributed by atoms with E-state index in [1.54, 1.807) is 0 Å². The topological polar surface area (TPSA) is 12.5 Å². The Morgan fingerprint density at radius 3 is 2.62 bits per heavy atom. The SMILES string of the molecule is CCCOc1ccccc1CCCN(C)C. The molecule has 0 saturated carbocycles. The van der Waals surface area contributed by atoms with Crippen LogP contribution in [0.25, 0.3) is 0 Å². The molecule has 0 aliphatic carbocycles. The second-order valence-electron chi connectivity index (χ2n) is 4.36. The van der Waals surface area contributed by atoms with Gasteiger partial charge in [0.25, 0.3) is 0 Å². The fourth-order valence-electron chi connectivity index (χ4n) is 1.65. The van der Waals surface area contributed by atoms with Crippen LogP contribution >= 0.6 is 0 Å². The first-order valence-electron chi connectivity index (χ1n) is 6.09. The van der Waals surface area contributed by atoms with Gasteiger partial charge in [-0.05, 0) is 51.5 Å². The first-order valence-corrected chi connectivity index (χ1v) is 6.09. The van der Waals surface area contributed by atoms with Gasteiger partial charge in [-0.2, -0.15) is 0 Å². The molecule has 0 amide bonds. The van der Waals surface area contributed by atoms with Crippen LogP contribution in [0.3, 0.4) is 0 Å². The third-order valence-corrected chi connectivity index (χ3v) is 2.49. The Morgan fingerprint density at radius 2 is 1.94 bits per heavy atom. The molecule has 0 saturated heterocycles. The van der Waals surface area contributed by atoms with Crippen molar-refractivity contribution in [1.29, 1.82) is 0 Å². The van der Waals surface area contributed by atoms with Crippen molar-refractivity contribution in [2.24, 2.45) is 0 Å². The molecule has 16 heavy (non-hydrogen) atoms. The number of hydrogen-bond acceptors (Lipinski definition) is 2. The molecule has 0 radical (unpaired) electrons. The number of para-hydroxylation sites is 1. The fourth-order valence-corrected chi connectivity index (χ4v) is 1.65. The molecule has 0 aliphatic heterocycles. The molecule has 0 N–H and O–H groups in total. The number of aryl methyl sites for hydroxylation is 1. The molecule has 0 heterocycles. The predicted octanol–water partition coefficient (Wildman–Crippen LogP) is 2.97. The minimum atomic E-state index is 0.810. The van der Waals surface area contributed by atoms with E-state index < -0.39 is 0 Å². The molecule has 2 nitrogen and oxygen atoms in total. The molecular weight excluding hydrogens is 198 g/mol. The van der Waals surface area contributed by atoms with Gasteiger partial charge in [-0.15, -0.1) is 0 Å². The molecule has 2 heteroatoms. The Labute approximate surface area is 99.2 Å². The van der Waals surface area contributed by atoms with Crippen LogP contribution in [0, 0.1) is 0 Å². The Kier molecular flexibility index (Phi) is 5.94. The summed E-state index contributed by atoms with van der Waals surface area (Å²) in [5.74, 6) is 1.06. The van der Waals surface area contributed by atoms with Crippen molar-refractivity contribution < 1.29 is 4.74 Å². The zero-order valence-corrected chi connectivity index (χ0v) is 10.7. The zero-order chi connectivity index (χ0) is 11.8. The van der Waals surface area contributed by atoms with E-state index in [1.807, 2.05) is 6.07 Å². The van der Waals surface area contributed by atoms with Gasteiger partial charge in [0.1, 0.15) is 5.75 Å². The molecular formula is C14H23NO. The highest BCUT2D eigenvalue weighted by Crippen LogP contribution is 2.19. The number of benzene rings is 1. The van der Waals surface area contributed by atoms with E-state index in [0.29, 0.717) is 0 Å². The summed E-state index contributed by atoms with van der Waals surface area (Å²) in [6.45, 7) is 4.07. The summed E-state index contributed by atoms with van der Waals surface area (Å²) in [5, 5.41) is 0. The average Bonchev–Trinajstić information content (AvgIpc) is 2.27. The van der Waals surface area contributed by atoms with E-state index >= 15 is 0 Å². The van der Waals surface area contributed by atoms with Gasteiger partial charge in [-0.1, -0.05) is 25.1 Å². The van der Waals surface area contributed by atoms with E-state index in [0.717, 1.165) is 31.7 Å². The van der Waals surface area contributed by atoms with Crippen molar-refractivity contribution in [2.45, 2.75) is 26.2 Å². The molecule has 0 aliphatic rings. The summed E-state index contributed by atoms with van der Waals surface area (Å²) in [6.07, 6.45) is 3.34. The lowest BCUT2D eigenvalue weighted by Crippen LogP contribution is -2.13. The highest BCUT2D eigenvalue weighted by atomic mass is 16.5. The number of ether oxygens (including phenoxy) is 1. The zero-order valence-electron chi connectivity index (χ0n) is 10.7. The molecule has 1 rings (SSSR count). The molecule has 1 aromatic rings. The highest BCUT2D eigenvalue weighted by molar-refractivity contribution is 5.33. The van der Waals surface area contributed by atoms with Crippen molar-refractivity contribution in [3.05, 3.63) is 29.8 Å².